The van der Waals surface area contributed by atoms with Crippen LogP contribution in [0.25, 0.3) is 6.08 Å². The average molecular weight is 383 g/mol. The lowest BCUT2D eigenvalue weighted by atomic mass is 9.87. The van der Waals surface area contributed by atoms with E-state index in [4.69, 9.17) is 10.6 Å². The topological polar surface area (TPSA) is 102 Å². The molecular weight excluding hydrogens is 352 g/mol. The van der Waals surface area contributed by atoms with Gasteiger partial charge in [-0.05, 0) is 54.9 Å². The Kier molecular flexibility index (Phi) is 8.14. The quantitative estimate of drug-likeness (QED) is 0.214. The lowest BCUT2D eigenvalue weighted by molar-refractivity contribution is -0.124. The number of amides is 1. The molecule has 28 heavy (non-hydrogen) atoms. The van der Waals surface area contributed by atoms with Crippen LogP contribution in [0.5, 0.6) is 0 Å². The molecule has 0 unspecified atom stereocenters. The first-order valence-electron chi connectivity index (χ1n) is 9.88. The summed E-state index contributed by atoms with van der Waals surface area (Å²) in [5, 5.41) is 24.7. The lowest BCUT2D eigenvalue weighted by Crippen LogP contribution is -2.14. The van der Waals surface area contributed by atoms with Gasteiger partial charge in [0.1, 0.15) is 0 Å². The Morgan fingerprint density at radius 3 is 2.54 bits per heavy atom. The van der Waals surface area contributed by atoms with Crippen LogP contribution >= 0.6 is 0 Å². The van der Waals surface area contributed by atoms with Crippen molar-refractivity contribution in [2.45, 2.75) is 58.8 Å². The predicted octanol–water partition coefficient (Wildman–Crippen LogP) is 4.20. The van der Waals surface area contributed by atoms with Crippen LogP contribution in [0.3, 0.4) is 0 Å². The Bertz CT molecular complexity index is 800. The molecule has 1 aromatic carbocycles. The van der Waals surface area contributed by atoms with E-state index < -0.39 is 5.91 Å². The molecule has 1 heterocycles. The maximum absolute atomic E-state index is 11.1. The Balaban J connectivity index is 2.06. The zero-order chi connectivity index (χ0) is 20.5. The van der Waals surface area contributed by atoms with E-state index in [1.54, 1.807) is 11.6 Å². The number of hydroxylamine groups is 1. The van der Waals surface area contributed by atoms with Gasteiger partial charge in [-0.1, -0.05) is 45.0 Å². The number of rotatable bonds is 10. The first-order valence-corrected chi connectivity index (χ1v) is 9.88. The third-order valence-electron chi connectivity index (χ3n) is 5.08. The smallest absolute Gasteiger partial charge is 0.267 e. The molecule has 0 fully saturated rings. The Morgan fingerprint density at radius 1 is 1.25 bits per heavy atom. The highest BCUT2D eigenvalue weighted by atomic mass is 16.5. The van der Waals surface area contributed by atoms with E-state index in [0.29, 0.717) is 0 Å². The van der Waals surface area contributed by atoms with E-state index in [-0.39, 0.29) is 5.92 Å². The lowest BCUT2D eigenvalue weighted by Gasteiger charge is -2.17. The summed E-state index contributed by atoms with van der Waals surface area (Å²) < 4.78 is 0. The summed E-state index contributed by atoms with van der Waals surface area (Å²) >= 11 is 0. The molecular formula is C22H30N4O2. The Morgan fingerprint density at radius 2 is 1.96 bits per heavy atom. The highest BCUT2D eigenvalue weighted by Crippen LogP contribution is 2.25. The van der Waals surface area contributed by atoms with Crippen molar-refractivity contribution in [3.63, 3.8) is 0 Å². The number of H-pyrrole nitrogens is 1. The third-order valence-corrected chi connectivity index (χ3v) is 5.08. The number of carbonyl (C=O) groups excluding carboxylic acids is 1. The maximum Gasteiger partial charge on any atom is 0.267 e. The highest BCUT2D eigenvalue weighted by Gasteiger charge is 2.17. The Hall–Kier alpha value is -2.73. The van der Waals surface area contributed by atoms with Crippen molar-refractivity contribution in [2.75, 3.05) is 0 Å². The molecule has 6 nitrogen and oxygen atoms in total. The van der Waals surface area contributed by atoms with Crippen molar-refractivity contribution >= 4 is 17.7 Å². The first kappa shape index (κ1) is 21.6. The van der Waals surface area contributed by atoms with Crippen molar-refractivity contribution in [3.8, 4) is 0 Å². The molecule has 2 aromatic rings. The molecule has 1 aromatic heterocycles. The number of nitrogens with zero attached hydrogens (tertiary/aromatic N) is 1. The minimum absolute atomic E-state index is 0.0841. The van der Waals surface area contributed by atoms with Crippen LogP contribution in [-0.4, -0.2) is 27.0 Å². The molecule has 0 aliphatic carbocycles. The summed E-state index contributed by atoms with van der Waals surface area (Å²) in [6.45, 7) is 6.33. The van der Waals surface area contributed by atoms with Crippen molar-refractivity contribution < 1.29 is 10.0 Å². The summed E-state index contributed by atoms with van der Waals surface area (Å²) in [6, 6.07) is 7.86. The number of nitrogens with one attached hydrogen (secondary N) is 3. The minimum Gasteiger partial charge on any atom is -0.309 e. The van der Waals surface area contributed by atoms with Gasteiger partial charge in [0, 0.05) is 23.4 Å². The van der Waals surface area contributed by atoms with Gasteiger partial charge < -0.3 is 5.41 Å². The maximum atomic E-state index is 11.1. The van der Waals surface area contributed by atoms with E-state index in [2.05, 4.69) is 31.0 Å². The number of hydrogen-bond acceptors (Lipinski definition) is 4. The molecule has 0 spiro atoms. The molecule has 150 valence electrons. The largest absolute Gasteiger partial charge is 0.309 e. The number of aromatic nitrogens is 2. The second-order valence-corrected chi connectivity index (χ2v) is 6.80. The molecule has 4 N–H and O–H groups in total. The molecule has 2 rings (SSSR count). The fraction of sp³-hybridized carbons (Fsp3) is 0.409. The summed E-state index contributed by atoms with van der Waals surface area (Å²) in [4.78, 5) is 11.1. The molecule has 1 amide bonds. The van der Waals surface area contributed by atoms with E-state index in [9.17, 15) is 4.79 Å². The third kappa shape index (κ3) is 5.39. The van der Waals surface area contributed by atoms with E-state index in [1.165, 1.54) is 17.3 Å². The van der Waals surface area contributed by atoms with Crippen LogP contribution in [0.4, 0.5) is 0 Å². The van der Waals surface area contributed by atoms with Gasteiger partial charge in [0.25, 0.3) is 5.91 Å². The molecule has 0 aliphatic rings. The number of hydrogen-bond donors (Lipinski definition) is 4. The zero-order valence-corrected chi connectivity index (χ0v) is 16.9. The predicted molar refractivity (Wildman–Crippen MR) is 112 cm³/mol. The van der Waals surface area contributed by atoms with Crippen LogP contribution < -0.4 is 5.48 Å². The fourth-order valence-corrected chi connectivity index (χ4v) is 3.49. The van der Waals surface area contributed by atoms with Crippen LogP contribution in [-0.2, 0) is 24.1 Å². The van der Waals surface area contributed by atoms with Gasteiger partial charge in [0.05, 0.1) is 5.69 Å². The standard InChI is InChI=1S/C22H30N4O2/c1-4-17(16-10-7-15(8-11-16)9-14-22(27)26-28)19(23)13-12-18-20(5-2)24-25-21(18)6-3/h7-11,14,17,23,28H,4-6,12-13H2,1-3H3,(H,24,25)(H,26,27)/b14-9+,23-19?/t17-/m0/s1. The zero-order valence-electron chi connectivity index (χ0n) is 16.9. The van der Waals surface area contributed by atoms with Gasteiger partial charge in [0.15, 0.2) is 0 Å². The van der Waals surface area contributed by atoms with Gasteiger partial charge in [-0.25, -0.2) is 5.48 Å². The number of aromatic amines is 1. The van der Waals surface area contributed by atoms with Crippen LogP contribution in [0.15, 0.2) is 30.3 Å². The van der Waals surface area contributed by atoms with E-state index in [1.807, 2.05) is 24.3 Å². The molecule has 6 heteroatoms. The number of aryl methyl sites for hydroxylation is 2. The molecule has 1 atom stereocenters. The minimum atomic E-state index is -0.561. The van der Waals surface area contributed by atoms with Gasteiger partial charge in [0.2, 0.25) is 0 Å². The summed E-state index contributed by atoms with van der Waals surface area (Å²) in [6.07, 6.45) is 7.17. The average Bonchev–Trinajstić information content (AvgIpc) is 3.13. The molecule has 0 aliphatic heterocycles. The van der Waals surface area contributed by atoms with Crippen molar-refractivity contribution in [1.29, 1.82) is 5.41 Å². The monoisotopic (exact) mass is 382 g/mol. The van der Waals surface area contributed by atoms with E-state index >= 15 is 0 Å². The van der Waals surface area contributed by atoms with Crippen LogP contribution in [0, 0.1) is 5.41 Å². The number of benzene rings is 1. The van der Waals surface area contributed by atoms with Gasteiger partial charge in [-0.15, -0.1) is 0 Å². The summed E-state index contributed by atoms with van der Waals surface area (Å²) in [7, 11) is 0. The first-order chi connectivity index (χ1) is 13.5. The van der Waals surface area contributed by atoms with Gasteiger partial charge >= 0.3 is 0 Å². The van der Waals surface area contributed by atoms with E-state index in [0.717, 1.165) is 54.6 Å². The van der Waals surface area contributed by atoms with Crippen molar-refractivity contribution in [1.82, 2.24) is 15.7 Å². The summed E-state index contributed by atoms with van der Waals surface area (Å²) in [5.41, 5.74) is 7.84. The highest BCUT2D eigenvalue weighted by molar-refractivity contribution is 5.91. The van der Waals surface area contributed by atoms with Gasteiger partial charge in [-0.2, -0.15) is 5.10 Å². The molecule has 0 saturated heterocycles. The fourth-order valence-electron chi connectivity index (χ4n) is 3.49. The number of carbonyl (C=O) groups is 1. The second-order valence-electron chi connectivity index (χ2n) is 6.80. The Labute approximate surface area is 166 Å². The SMILES string of the molecule is CCc1n[nH]c(CC)c1CCC(=N)[C@@H](CC)c1ccc(/C=C/C(=O)NO)cc1. The van der Waals surface area contributed by atoms with Crippen molar-refractivity contribution in [2.24, 2.45) is 0 Å². The van der Waals surface area contributed by atoms with Crippen LogP contribution in [0.1, 0.15) is 67.6 Å². The molecule has 0 saturated carbocycles. The molecule has 0 bridgehead atoms. The second kappa shape index (κ2) is 10.6. The van der Waals surface area contributed by atoms with Gasteiger partial charge in [-0.3, -0.25) is 15.1 Å². The summed E-state index contributed by atoms with van der Waals surface area (Å²) in [5.74, 6) is -0.477. The van der Waals surface area contributed by atoms with Crippen molar-refractivity contribution in [3.05, 3.63) is 58.4 Å². The normalized spacial score (nSPS) is 12.3. The van der Waals surface area contributed by atoms with Crippen LogP contribution in [0.2, 0.25) is 0 Å². The molecule has 0 radical (unpaired) electrons.